The van der Waals surface area contributed by atoms with E-state index in [0.717, 1.165) is 43.5 Å². The van der Waals surface area contributed by atoms with Gasteiger partial charge in [0.25, 0.3) is 0 Å². The smallest absolute Gasteiger partial charge is 0.233 e. The molecule has 0 spiro atoms. The number of thioether (sulfide) groups is 1. The highest BCUT2D eigenvalue weighted by Crippen LogP contribution is 2.33. The monoisotopic (exact) mass is 398 g/mol. The van der Waals surface area contributed by atoms with Crippen LogP contribution >= 0.6 is 11.8 Å². The van der Waals surface area contributed by atoms with Crippen molar-refractivity contribution >= 4 is 17.7 Å². The van der Waals surface area contributed by atoms with Gasteiger partial charge in [-0.2, -0.15) is 0 Å². The lowest BCUT2D eigenvalue weighted by Gasteiger charge is -2.26. The summed E-state index contributed by atoms with van der Waals surface area (Å²) in [6, 6.07) is 10.5. The highest BCUT2D eigenvalue weighted by Gasteiger charge is 2.24. The molecule has 6 heteroatoms. The van der Waals surface area contributed by atoms with Crippen LogP contribution in [-0.4, -0.2) is 44.4 Å². The van der Waals surface area contributed by atoms with Gasteiger partial charge in [-0.05, 0) is 37.7 Å². The Morgan fingerprint density at radius 1 is 0.964 bits per heavy atom. The first-order valence-corrected chi connectivity index (χ1v) is 11.7. The molecule has 1 aliphatic carbocycles. The minimum Gasteiger partial charge on any atom is -0.342 e. The van der Waals surface area contributed by atoms with E-state index >= 15 is 0 Å². The van der Waals surface area contributed by atoms with Crippen molar-refractivity contribution in [3.8, 4) is 0 Å². The Balaban J connectivity index is 1.50. The van der Waals surface area contributed by atoms with Gasteiger partial charge in [-0.15, -0.1) is 10.2 Å². The van der Waals surface area contributed by atoms with Crippen LogP contribution in [0, 0.1) is 0 Å². The number of aromatic nitrogens is 3. The second-order valence-corrected chi connectivity index (χ2v) is 8.92. The average Bonchev–Trinajstić information content (AvgIpc) is 3.16. The number of rotatable bonds is 6. The van der Waals surface area contributed by atoms with Gasteiger partial charge in [0, 0.05) is 19.0 Å². The zero-order valence-corrected chi connectivity index (χ0v) is 17.4. The van der Waals surface area contributed by atoms with Gasteiger partial charge in [0.1, 0.15) is 5.82 Å². The maximum Gasteiger partial charge on any atom is 0.233 e. The lowest BCUT2D eigenvalue weighted by atomic mass is 9.88. The Morgan fingerprint density at radius 2 is 1.68 bits per heavy atom. The van der Waals surface area contributed by atoms with Gasteiger partial charge < -0.3 is 9.47 Å². The third-order valence-corrected chi connectivity index (χ3v) is 6.88. The topological polar surface area (TPSA) is 51.0 Å². The lowest BCUT2D eigenvalue weighted by Crippen LogP contribution is -2.36. The van der Waals surface area contributed by atoms with Crippen LogP contribution < -0.4 is 0 Å². The molecule has 1 aliphatic heterocycles. The summed E-state index contributed by atoms with van der Waals surface area (Å²) in [7, 11) is 0. The van der Waals surface area contributed by atoms with E-state index in [1.165, 1.54) is 44.1 Å². The molecule has 2 heterocycles. The zero-order valence-electron chi connectivity index (χ0n) is 16.6. The minimum atomic E-state index is 0.234. The van der Waals surface area contributed by atoms with E-state index < -0.39 is 0 Å². The summed E-state index contributed by atoms with van der Waals surface area (Å²) in [5, 5.41) is 9.99. The van der Waals surface area contributed by atoms with Gasteiger partial charge in [0.05, 0.1) is 12.3 Å². The maximum atomic E-state index is 12.6. The first-order valence-electron chi connectivity index (χ1n) is 10.7. The van der Waals surface area contributed by atoms with Crippen LogP contribution in [0.5, 0.6) is 0 Å². The summed E-state index contributed by atoms with van der Waals surface area (Å²) >= 11 is 1.55. The van der Waals surface area contributed by atoms with Crippen molar-refractivity contribution < 1.29 is 4.79 Å². The van der Waals surface area contributed by atoms with Gasteiger partial charge in [-0.1, -0.05) is 61.4 Å². The molecule has 5 nitrogen and oxygen atoms in total. The lowest BCUT2D eigenvalue weighted by molar-refractivity contribution is -0.129. The minimum absolute atomic E-state index is 0.234. The second-order valence-electron chi connectivity index (χ2n) is 7.98. The van der Waals surface area contributed by atoms with Crippen molar-refractivity contribution in [3.05, 3.63) is 41.7 Å². The molecule has 0 radical (unpaired) electrons. The molecule has 2 aromatic rings. The summed E-state index contributed by atoms with van der Waals surface area (Å²) < 4.78 is 2.26. The molecule has 28 heavy (non-hydrogen) atoms. The summed E-state index contributed by atoms with van der Waals surface area (Å²) in [6.45, 7) is 2.59. The SMILES string of the molecule is O=C(CSc1nnc(C2CCCCC2)n1Cc1ccccc1)N1CCCCC1. The summed E-state index contributed by atoms with van der Waals surface area (Å²) in [5.41, 5.74) is 1.25. The van der Waals surface area contributed by atoms with Crippen molar-refractivity contribution in [1.29, 1.82) is 0 Å². The number of nitrogens with zero attached hydrogens (tertiary/aromatic N) is 4. The molecule has 150 valence electrons. The Hall–Kier alpha value is -1.82. The number of likely N-dealkylation sites (tertiary alicyclic amines) is 1. The van der Waals surface area contributed by atoms with Crippen molar-refractivity contribution in [1.82, 2.24) is 19.7 Å². The van der Waals surface area contributed by atoms with Crippen LogP contribution in [0.1, 0.15) is 68.7 Å². The summed E-state index contributed by atoms with van der Waals surface area (Å²) in [5.74, 6) is 2.30. The number of carbonyl (C=O) groups excluding carboxylic acids is 1. The van der Waals surface area contributed by atoms with Gasteiger partial charge in [-0.3, -0.25) is 4.79 Å². The van der Waals surface area contributed by atoms with Crippen LogP contribution in [-0.2, 0) is 11.3 Å². The van der Waals surface area contributed by atoms with E-state index in [2.05, 4.69) is 39.0 Å². The van der Waals surface area contributed by atoms with Crippen LogP contribution in [0.25, 0.3) is 0 Å². The van der Waals surface area contributed by atoms with Crippen LogP contribution in [0.2, 0.25) is 0 Å². The number of benzene rings is 1. The predicted octanol–water partition coefficient (Wildman–Crippen LogP) is 4.48. The number of amides is 1. The molecule has 0 bridgehead atoms. The fourth-order valence-corrected chi connectivity index (χ4v) is 5.19. The van der Waals surface area contributed by atoms with Crippen molar-refractivity contribution in [3.63, 3.8) is 0 Å². The first-order chi connectivity index (χ1) is 13.8. The second kappa shape index (κ2) is 9.59. The Morgan fingerprint density at radius 3 is 2.43 bits per heavy atom. The highest BCUT2D eigenvalue weighted by atomic mass is 32.2. The Labute approximate surface area is 171 Å². The molecule has 0 N–H and O–H groups in total. The molecule has 1 saturated carbocycles. The van der Waals surface area contributed by atoms with E-state index in [9.17, 15) is 4.79 Å². The molecule has 1 aromatic carbocycles. The predicted molar refractivity (Wildman–Crippen MR) is 113 cm³/mol. The molecule has 1 saturated heterocycles. The van der Waals surface area contributed by atoms with E-state index in [-0.39, 0.29) is 5.91 Å². The number of hydrogen-bond acceptors (Lipinski definition) is 4. The molecule has 0 unspecified atom stereocenters. The van der Waals surface area contributed by atoms with E-state index in [1.54, 1.807) is 11.8 Å². The molecule has 1 amide bonds. The third kappa shape index (κ3) is 4.77. The number of carbonyl (C=O) groups is 1. The number of piperidine rings is 1. The largest absolute Gasteiger partial charge is 0.342 e. The molecule has 1 aromatic heterocycles. The van der Waals surface area contributed by atoms with Gasteiger partial charge in [0.2, 0.25) is 5.91 Å². The molecular formula is C22H30N4OS. The quantitative estimate of drug-likeness (QED) is 0.673. The zero-order chi connectivity index (χ0) is 19.2. The van der Waals surface area contributed by atoms with Crippen LogP contribution in [0.15, 0.2) is 35.5 Å². The third-order valence-electron chi connectivity index (χ3n) is 5.93. The van der Waals surface area contributed by atoms with Crippen molar-refractivity contribution in [2.45, 2.75) is 69.0 Å². The van der Waals surface area contributed by atoms with Crippen molar-refractivity contribution in [2.75, 3.05) is 18.8 Å². The normalized spacial score (nSPS) is 18.4. The van der Waals surface area contributed by atoms with Gasteiger partial charge in [-0.25, -0.2) is 0 Å². The molecule has 2 fully saturated rings. The van der Waals surface area contributed by atoms with Gasteiger partial charge >= 0.3 is 0 Å². The molecule has 0 atom stereocenters. The van der Waals surface area contributed by atoms with E-state index in [0.29, 0.717) is 11.7 Å². The fourth-order valence-electron chi connectivity index (χ4n) is 4.35. The fraction of sp³-hybridized carbons (Fsp3) is 0.591. The summed E-state index contributed by atoms with van der Waals surface area (Å²) in [6.07, 6.45) is 9.79. The van der Waals surface area contributed by atoms with Gasteiger partial charge in [0.15, 0.2) is 5.16 Å². The highest BCUT2D eigenvalue weighted by molar-refractivity contribution is 7.99. The average molecular weight is 399 g/mol. The Bertz CT molecular complexity index is 764. The first kappa shape index (κ1) is 19.5. The number of hydrogen-bond donors (Lipinski definition) is 0. The van der Waals surface area contributed by atoms with Crippen molar-refractivity contribution in [2.24, 2.45) is 0 Å². The molecular weight excluding hydrogens is 368 g/mol. The van der Waals surface area contributed by atoms with Crippen LogP contribution in [0.4, 0.5) is 0 Å². The van der Waals surface area contributed by atoms with Crippen LogP contribution in [0.3, 0.4) is 0 Å². The standard InChI is InChI=1S/C22H30N4OS/c27-20(25-14-8-3-9-15-25)17-28-22-24-23-21(19-12-6-2-7-13-19)26(22)16-18-10-4-1-5-11-18/h1,4-5,10-11,19H,2-3,6-9,12-17H2. The molecule has 4 rings (SSSR count). The van der Waals surface area contributed by atoms with E-state index in [1.807, 2.05) is 11.0 Å². The summed E-state index contributed by atoms with van der Waals surface area (Å²) in [4.78, 5) is 14.6. The Kier molecular flexibility index (Phi) is 6.68. The molecule has 2 aliphatic rings. The maximum absolute atomic E-state index is 12.6. The van der Waals surface area contributed by atoms with E-state index in [4.69, 9.17) is 0 Å².